The molecular formula is C29H33F2NO2Si. The highest BCUT2D eigenvalue weighted by atomic mass is 28.2. The van der Waals surface area contributed by atoms with Crippen LogP contribution in [0.2, 0.25) is 5.04 Å². The third-order valence-corrected chi connectivity index (χ3v) is 7.08. The van der Waals surface area contributed by atoms with Crippen molar-refractivity contribution < 1.29 is 17.9 Å². The van der Waals surface area contributed by atoms with Gasteiger partial charge in [-0.3, -0.25) is 0 Å². The van der Waals surface area contributed by atoms with E-state index in [1.54, 1.807) is 6.07 Å². The van der Waals surface area contributed by atoms with Crippen molar-refractivity contribution in [3.63, 3.8) is 0 Å². The SMILES string of the molecule is CC1CN(c2c(C(O[Si]C(C)(C)C)(c3ccccc3)c3ccccc3)ccc(F)c2F)CC(C)O1. The van der Waals surface area contributed by atoms with Crippen LogP contribution in [0, 0.1) is 11.6 Å². The zero-order chi connectivity index (χ0) is 25.2. The van der Waals surface area contributed by atoms with Crippen molar-refractivity contribution in [2.24, 2.45) is 0 Å². The van der Waals surface area contributed by atoms with Crippen LogP contribution in [0.3, 0.4) is 0 Å². The number of hydrogen-bond acceptors (Lipinski definition) is 3. The number of rotatable bonds is 6. The molecule has 3 aromatic carbocycles. The molecule has 35 heavy (non-hydrogen) atoms. The summed E-state index contributed by atoms with van der Waals surface area (Å²) < 4.78 is 43.5. The Balaban J connectivity index is 2.04. The molecule has 0 saturated carbocycles. The standard InChI is InChI=1S/C29H33F2NO2Si/c1-20-18-32(19-21(2)33-20)27-24(16-17-25(30)26(27)31)29(34-35-28(3,4)5,22-12-8-6-9-13-22)23-14-10-7-11-15-23/h6-17,20-21H,18-19H2,1-5H3. The third-order valence-electron chi connectivity index (χ3n) is 6.06. The fourth-order valence-corrected chi connectivity index (χ4v) is 5.52. The summed E-state index contributed by atoms with van der Waals surface area (Å²) in [6.07, 6.45) is -0.232. The van der Waals surface area contributed by atoms with E-state index < -0.39 is 17.2 Å². The van der Waals surface area contributed by atoms with E-state index in [2.05, 4.69) is 20.8 Å². The van der Waals surface area contributed by atoms with Crippen LogP contribution in [0.5, 0.6) is 0 Å². The number of ether oxygens (including phenoxy) is 1. The van der Waals surface area contributed by atoms with E-state index in [4.69, 9.17) is 9.16 Å². The first-order chi connectivity index (χ1) is 16.6. The van der Waals surface area contributed by atoms with E-state index in [9.17, 15) is 4.39 Å². The lowest BCUT2D eigenvalue weighted by atomic mass is 9.79. The second kappa shape index (κ2) is 10.2. The molecule has 3 nitrogen and oxygen atoms in total. The predicted molar refractivity (Wildman–Crippen MR) is 138 cm³/mol. The molecule has 1 heterocycles. The van der Waals surface area contributed by atoms with Crippen LogP contribution in [0.1, 0.15) is 51.3 Å². The topological polar surface area (TPSA) is 21.7 Å². The van der Waals surface area contributed by atoms with Gasteiger partial charge in [0.15, 0.2) is 11.6 Å². The summed E-state index contributed by atoms with van der Waals surface area (Å²) in [4.78, 5) is 1.91. The summed E-state index contributed by atoms with van der Waals surface area (Å²) in [6.45, 7) is 11.2. The maximum Gasteiger partial charge on any atom is 0.237 e. The van der Waals surface area contributed by atoms with Crippen LogP contribution < -0.4 is 4.90 Å². The maximum atomic E-state index is 15.8. The Kier molecular flexibility index (Phi) is 7.45. The van der Waals surface area contributed by atoms with Crippen LogP contribution >= 0.6 is 0 Å². The second-order valence-electron chi connectivity index (χ2n) is 10.3. The Morgan fingerprint density at radius 2 is 1.34 bits per heavy atom. The first-order valence-electron chi connectivity index (χ1n) is 12.1. The number of halogens is 2. The van der Waals surface area contributed by atoms with E-state index in [0.29, 0.717) is 18.7 Å². The molecule has 184 valence electrons. The van der Waals surface area contributed by atoms with Crippen molar-refractivity contribution in [2.45, 2.75) is 57.5 Å². The fraction of sp³-hybridized carbons (Fsp3) is 0.379. The van der Waals surface area contributed by atoms with Crippen molar-refractivity contribution in [1.82, 2.24) is 0 Å². The van der Waals surface area contributed by atoms with Gasteiger partial charge in [0, 0.05) is 18.7 Å². The van der Waals surface area contributed by atoms with E-state index in [0.717, 1.165) is 11.1 Å². The zero-order valence-corrected chi connectivity index (χ0v) is 22.0. The van der Waals surface area contributed by atoms with Crippen molar-refractivity contribution >= 4 is 15.5 Å². The third kappa shape index (κ3) is 5.35. The van der Waals surface area contributed by atoms with E-state index in [-0.39, 0.29) is 32.7 Å². The number of hydrogen-bond donors (Lipinski definition) is 0. The summed E-state index contributed by atoms with van der Waals surface area (Å²) in [7, 11) is 0.0998. The predicted octanol–water partition coefficient (Wildman–Crippen LogP) is 6.72. The molecule has 1 aliphatic rings. The van der Waals surface area contributed by atoms with Gasteiger partial charge in [-0.15, -0.1) is 0 Å². The lowest BCUT2D eigenvalue weighted by Crippen LogP contribution is -2.47. The van der Waals surface area contributed by atoms with Gasteiger partial charge < -0.3 is 14.1 Å². The number of morpholine rings is 1. The van der Waals surface area contributed by atoms with Crippen LogP contribution in [0.4, 0.5) is 14.5 Å². The molecular weight excluding hydrogens is 460 g/mol. The minimum Gasteiger partial charge on any atom is -0.400 e. The Labute approximate surface area is 210 Å². The summed E-state index contributed by atoms with van der Waals surface area (Å²) in [6, 6.07) is 22.6. The number of nitrogens with zero attached hydrogens (tertiary/aromatic N) is 1. The Bertz CT molecular complexity index is 1090. The second-order valence-corrected chi connectivity index (χ2v) is 12.2. The largest absolute Gasteiger partial charge is 0.400 e. The van der Waals surface area contributed by atoms with Crippen molar-refractivity contribution in [3.8, 4) is 0 Å². The highest BCUT2D eigenvalue weighted by Gasteiger charge is 2.43. The molecule has 2 unspecified atom stereocenters. The molecule has 3 aromatic rings. The molecule has 1 aliphatic heterocycles. The average Bonchev–Trinajstić information content (AvgIpc) is 2.82. The first kappa shape index (κ1) is 25.5. The van der Waals surface area contributed by atoms with Gasteiger partial charge in [0.25, 0.3) is 0 Å². The Morgan fingerprint density at radius 1 is 0.829 bits per heavy atom. The normalized spacial score (nSPS) is 19.1. The Hall–Kier alpha value is -2.54. The zero-order valence-electron chi connectivity index (χ0n) is 21.0. The number of anilines is 1. The molecule has 0 aromatic heterocycles. The van der Waals surface area contributed by atoms with Crippen LogP contribution in [-0.4, -0.2) is 35.1 Å². The fourth-order valence-electron chi connectivity index (χ4n) is 4.72. The molecule has 2 atom stereocenters. The molecule has 0 N–H and O–H groups in total. The molecule has 0 spiro atoms. The lowest BCUT2D eigenvalue weighted by Gasteiger charge is -2.43. The van der Waals surface area contributed by atoms with E-state index in [1.807, 2.05) is 79.4 Å². The first-order valence-corrected chi connectivity index (χ1v) is 13.0. The minimum atomic E-state index is -1.14. The van der Waals surface area contributed by atoms with Gasteiger partial charge in [0.05, 0.1) is 17.9 Å². The Morgan fingerprint density at radius 3 is 1.83 bits per heavy atom. The van der Waals surface area contributed by atoms with Crippen LogP contribution in [0.25, 0.3) is 0 Å². The lowest BCUT2D eigenvalue weighted by molar-refractivity contribution is -0.00566. The molecule has 0 aliphatic carbocycles. The quantitative estimate of drug-likeness (QED) is 0.281. The molecule has 1 saturated heterocycles. The van der Waals surface area contributed by atoms with Crippen molar-refractivity contribution in [1.29, 1.82) is 0 Å². The van der Waals surface area contributed by atoms with Gasteiger partial charge in [0.1, 0.15) is 5.60 Å². The van der Waals surface area contributed by atoms with Gasteiger partial charge in [-0.2, -0.15) is 0 Å². The maximum absolute atomic E-state index is 15.8. The van der Waals surface area contributed by atoms with Gasteiger partial charge in [-0.25, -0.2) is 8.78 Å². The van der Waals surface area contributed by atoms with Gasteiger partial charge in [0.2, 0.25) is 9.76 Å². The summed E-state index contributed by atoms with van der Waals surface area (Å²) in [5, 5.41) is -0.129. The van der Waals surface area contributed by atoms with E-state index >= 15 is 4.39 Å². The monoisotopic (exact) mass is 493 g/mol. The van der Waals surface area contributed by atoms with Gasteiger partial charge in [-0.1, -0.05) is 87.5 Å². The van der Waals surface area contributed by atoms with Gasteiger partial charge in [-0.05, 0) is 36.1 Å². The minimum absolute atomic E-state index is 0.0998. The molecule has 0 bridgehead atoms. The van der Waals surface area contributed by atoms with Crippen molar-refractivity contribution in [2.75, 3.05) is 18.0 Å². The highest BCUT2D eigenvalue weighted by Crippen LogP contribution is 2.47. The molecule has 2 radical (unpaired) electrons. The van der Waals surface area contributed by atoms with E-state index in [1.165, 1.54) is 6.07 Å². The average molecular weight is 494 g/mol. The van der Waals surface area contributed by atoms with Crippen molar-refractivity contribution in [3.05, 3.63) is 101 Å². The number of benzene rings is 3. The van der Waals surface area contributed by atoms with Crippen LogP contribution in [0.15, 0.2) is 72.8 Å². The summed E-state index contributed by atoms with van der Waals surface area (Å²) in [5.41, 5.74) is 1.42. The smallest absolute Gasteiger partial charge is 0.237 e. The summed E-state index contributed by atoms with van der Waals surface area (Å²) in [5.74, 6) is -1.73. The molecule has 0 amide bonds. The summed E-state index contributed by atoms with van der Waals surface area (Å²) >= 11 is 0. The molecule has 6 heteroatoms. The molecule has 1 fully saturated rings. The molecule has 4 rings (SSSR count). The highest BCUT2D eigenvalue weighted by molar-refractivity contribution is 6.32. The van der Waals surface area contributed by atoms with Crippen LogP contribution in [-0.2, 0) is 14.8 Å². The van der Waals surface area contributed by atoms with Gasteiger partial charge >= 0.3 is 0 Å².